The Kier molecular flexibility index (Phi) is 3.32. The second-order valence-corrected chi connectivity index (χ2v) is 2.64. The second-order valence-electron chi connectivity index (χ2n) is 2.64. The number of methoxy groups -OCH3 is 1. The summed E-state index contributed by atoms with van der Waals surface area (Å²) in [6, 6.07) is 0.260. The first kappa shape index (κ1) is 8.49. The fourth-order valence-electron chi connectivity index (χ4n) is 1.13. The van der Waals surface area contributed by atoms with Crippen LogP contribution in [0.1, 0.15) is 6.42 Å². The van der Waals surface area contributed by atoms with Crippen molar-refractivity contribution >= 4 is 5.97 Å². The van der Waals surface area contributed by atoms with E-state index in [0.717, 1.165) is 13.2 Å². The molecule has 4 nitrogen and oxygen atoms in total. The highest BCUT2D eigenvalue weighted by Crippen LogP contribution is 1.93. The summed E-state index contributed by atoms with van der Waals surface area (Å²) in [4.78, 5) is 10.8. The lowest BCUT2D eigenvalue weighted by atomic mass is 10.2. The minimum Gasteiger partial charge on any atom is -0.469 e. The maximum absolute atomic E-state index is 10.8. The minimum absolute atomic E-state index is 0.156. The molecule has 0 aromatic heterocycles. The molecule has 1 fully saturated rings. The average molecular weight is 160 g/mol. The third kappa shape index (κ3) is 2.86. The van der Waals surface area contributed by atoms with Gasteiger partial charge in [-0.2, -0.15) is 0 Å². The van der Waals surface area contributed by atoms with Crippen LogP contribution >= 0.6 is 0 Å². The largest absolute Gasteiger partial charge is 0.469 e. The molecule has 1 saturated heterocycles. The number of nitrogens with two attached hydrogens (primary N) is 1. The molecule has 4 heteroatoms. The van der Waals surface area contributed by atoms with Gasteiger partial charge in [-0.3, -0.25) is 4.79 Å². The molecule has 0 aromatic rings. The molecule has 0 amide bonds. The van der Waals surface area contributed by atoms with E-state index in [4.69, 9.17) is 4.74 Å². The fraction of sp³-hybridized carbons (Fsp3) is 0.857. The summed E-state index contributed by atoms with van der Waals surface area (Å²) in [6.07, 6.45) is 0.455. The molecule has 0 radical (unpaired) electrons. The molecule has 64 valence electrons. The molecule has 1 heterocycles. The fourth-order valence-corrected chi connectivity index (χ4v) is 1.13. The summed E-state index contributed by atoms with van der Waals surface area (Å²) in [7, 11) is 1.41. The van der Waals surface area contributed by atoms with Gasteiger partial charge in [0.2, 0.25) is 0 Å². The van der Waals surface area contributed by atoms with E-state index in [0.29, 0.717) is 13.0 Å². The smallest absolute Gasteiger partial charge is 0.311 e. The van der Waals surface area contributed by atoms with E-state index in [2.05, 4.69) is 10.1 Å². The number of carbonyl (C=O) groups is 1. The van der Waals surface area contributed by atoms with Crippen LogP contribution in [0.15, 0.2) is 0 Å². The lowest BCUT2D eigenvalue weighted by Gasteiger charge is -2.19. The van der Waals surface area contributed by atoms with E-state index < -0.39 is 0 Å². The number of rotatable bonds is 2. The van der Waals surface area contributed by atoms with E-state index in [9.17, 15) is 4.79 Å². The second kappa shape index (κ2) is 4.31. The molecule has 0 aromatic carbocycles. The van der Waals surface area contributed by atoms with Gasteiger partial charge in [0.25, 0.3) is 0 Å². The molecule has 1 aliphatic rings. The third-order valence-electron chi connectivity index (χ3n) is 1.75. The Morgan fingerprint density at radius 3 is 3.18 bits per heavy atom. The predicted octanol–water partition coefficient (Wildman–Crippen LogP) is -1.49. The van der Waals surface area contributed by atoms with Gasteiger partial charge in [-0.15, -0.1) is 0 Å². The van der Waals surface area contributed by atoms with Gasteiger partial charge in [-0.1, -0.05) is 0 Å². The van der Waals surface area contributed by atoms with Crippen molar-refractivity contribution in [1.82, 2.24) is 0 Å². The normalized spacial score (nSPS) is 24.6. The van der Waals surface area contributed by atoms with Gasteiger partial charge in [-0.25, -0.2) is 0 Å². The van der Waals surface area contributed by atoms with Crippen molar-refractivity contribution in [2.45, 2.75) is 12.5 Å². The Morgan fingerprint density at radius 1 is 1.82 bits per heavy atom. The quantitative estimate of drug-likeness (QED) is 0.501. The van der Waals surface area contributed by atoms with Crippen LogP contribution in [-0.4, -0.2) is 38.9 Å². The van der Waals surface area contributed by atoms with Gasteiger partial charge in [-0.05, 0) is 0 Å². The summed E-state index contributed by atoms with van der Waals surface area (Å²) in [5.74, 6) is -0.156. The maximum atomic E-state index is 10.8. The maximum Gasteiger partial charge on any atom is 0.311 e. The van der Waals surface area contributed by atoms with Crippen molar-refractivity contribution in [3.8, 4) is 0 Å². The number of hydrogen-bond acceptors (Lipinski definition) is 3. The Balaban J connectivity index is 2.19. The van der Waals surface area contributed by atoms with Crippen molar-refractivity contribution in [2.75, 3.05) is 26.9 Å². The van der Waals surface area contributed by atoms with Crippen LogP contribution in [0.2, 0.25) is 0 Å². The third-order valence-corrected chi connectivity index (χ3v) is 1.75. The van der Waals surface area contributed by atoms with E-state index in [-0.39, 0.29) is 12.0 Å². The first-order chi connectivity index (χ1) is 5.33. The number of esters is 1. The summed E-state index contributed by atoms with van der Waals surface area (Å²) in [5, 5.41) is 2.13. The van der Waals surface area contributed by atoms with Gasteiger partial charge in [0.05, 0.1) is 33.3 Å². The summed E-state index contributed by atoms with van der Waals surface area (Å²) >= 11 is 0. The van der Waals surface area contributed by atoms with Crippen molar-refractivity contribution in [3.05, 3.63) is 0 Å². The lowest BCUT2D eigenvalue weighted by molar-refractivity contribution is -0.704. The van der Waals surface area contributed by atoms with Crippen molar-refractivity contribution in [2.24, 2.45) is 0 Å². The molecule has 0 unspecified atom stereocenters. The van der Waals surface area contributed by atoms with Crippen LogP contribution in [-0.2, 0) is 14.3 Å². The predicted molar refractivity (Wildman–Crippen MR) is 38.0 cm³/mol. The van der Waals surface area contributed by atoms with Crippen LogP contribution in [0.5, 0.6) is 0 Å². The standard InChI is InChI=1S/C7H13NO3/c1-10-7(9)4-6-5-11-3-2-8-6/h6,8H,2-5H2,1H3/p+1/t6-/m0/s1. The number of ether oxygens (including phenoxy) is 2. The molecule has 1 rings (SSSR count). The van der Waals surface area contributed by atoms with Crippen LogP contribution in [0, 0.1) is 0 Å². The van der Waals surface area contributed by atoms with Gasteiger partial charge < -0.3 is 14.8 Å². The van der Waals surface area contributed by atoms with E-state index in [1.54, 1.807) is 0 Å². The Hall–Kier alpha value is -0.610. The Labute approximate surface area is 65.9 Å². The lowest BCUT2D eigenvalue weighted by Crippen LogP contribution is -2.93. The highest BCUT2D eigenvalue weighted by atomic mass is 16.5. The van der Waals surface area contributed by atoms with Gasteiger partial charge in [0.15, 0.2) is 0 Å². The average Bonchev–Trinajstić information content (AvgIpc) is 2.06. The number of carbonyl (C=O) groups excluding carboxylic acids is 1. The molecule has 0 spiro atoms. The summed E-state index contributed by atoms with van der Waals surface area (Å²) in [6.45, 7) is 2.40. The van der Waals surface area contributed by atoms with E-state index in [1.165, 1.54) is 7.11 Å². The number of morpholine rings is 1. The van der Waals surface area contributed by atoms with Gasteiger partial charge >= 0.3 is 5.97 Å². The van der Waals surface area contributed by atoms with Crippen molar-refractivity contribution < 1.29 is 19.6 Å². The molecular formula is C7H14NO3+. The summed E-state index contributed by atoms with van der Waals surface area (Å²) in [5.41, 5.74) is 0. The topological polar surface area (TPSA) is 52.1 Å². The van der Waals surface area contributed by atoms with E-state index >= 15 is 0 Å². The Bertz CT molecular complexity index is 132. The van der Waals surface area contributed by atoms with Crippen LogP contribution in [0.4, 0.5) is 0 Å². The molecule has 1 atom stereocenters. The first-order valence-electron chi connectivity index (χ1n) is 3.81. The Morgan fingerprint density at radius 2 is 2.64 bits per heavy atom. The van der Waals surface area contributed by atoms with E-state index in [1.807, 2.05) is 0 Å². The molecular weight excluding hydrogens is 146 g/mol. The number of quaternary nitrogens is 1. The van der Waals surface area contributed by atoms with Crippen LogP contribution in [0.3, 0.4) is 0 Å². The molecule has 0 saturated carbocycles. The van der Waals surface area contributed by atoms with Gasteiger partial charge in [0, 0.05) is 0 Å². The minimum atomic E-state index is -0.156. The molecule has 1 aliphatic heterocycles. The van der Waals surface area contributed by atoms with Crippen molar-refractivity contribution in [3.63, 3.8) is 0 Å². The first-order valence-corrected chi connectivity index (χ1v) is 3.81. The highest BCUT2D eigenvalue weighted by Gasteiger charge is 2.20. The molecule has 0 bridgehead atoms. The molecule has 2 N–H and O–H groups in total. The zero-order chi connectivity index (χ0) is 8.10. The van der Waals surface area contributed by atoms with Crippen LogP contribution < -0.4 is 5.32 Å². The number of hydrogen-bond donors (Lipinski definition) is 1. The SMILES string of the molecule is COC(=O)C[C@H]1COCC[NH2+]1. The molecule has 0 aliphatic carbocycles. The van der Waals surface area contributed by atoms with Gasteiger partial charge in [0.1, 0.15) is 6.04 Å². The molecule has 11 heavy (non-hydrogen) atoms. The zero-order valence-electron chi connectivity index (χ0n) is 6.71. The monoisotopic (exact) mass is 160 g/mol. The van der Waals surface area contributed by atoms with Crippen LogP contribution in [0.25, 0.3) is 0 Å². The summed E-state index contributed by atoms with van der Waals surface area (Å²) < 4.78 is 9.73. The zero-order valence-corrected chi connectivity index (χ0v) is 6.71. The van der Waals surface area contributed by atoms with Crippen molar-refractivity contribution in [1.29, 1.82) is 0 Å². The highest BCUT2D eigenvalue weighted by molar-refractivity contribution is 5.69.